The Morgan fingerprint density at radius 3 is 2.35 bits per heavy atom. The summed E-state index contributed by atoms with van der Waals surface area (Å²) in [5, 5.41) is 39.7. The molecule has 26 heavy (non-hydrogen) atoms. The van der Waals surface area contributed by atoms with E-state index in [4.69, 9.17) is 0 Å². The number of amides is 1. The second-order valence-corrected chi connectivity index (χ2v) is 6.33. The number of carbonyl (C=O) groups excluding carboxylic acids is 2. The SMILES string of the molecule is Cc1cccc(CC(O)(CC(=O)C(=O)N(C)O)c2ccc(O)c(O)c2)c1. The number of likely N-dealkylation sites (N-methyl/N-ethyl adjacent to an activating group) is 1. The van der Waals surface area contributed by atoms with Crippen molar-refractivity contribution >= 4 is 11.7 Å². The van der Waals surface area contributed by atoms with Crippen molar-refractivity contribution in [2.24, 2.45) is 0 Å². The van der Waals surface area contributed by atoms with Gasteiger partial charge >= 0.3 is 5.91 Å². The molecule has 0 fully saturated rings. The Hall–Kier alpha value is -2.90. The van der Waals surface area contributed by atoms with Crippen molar-refractivity contribution in [1.82, 2.24) is 5.06 Å². The van der Waals surface area contributed by atoms with Gasteiger partial charge in [-0.3, -0.25) is 14.8 Å². The van der Waals surface area contributed by atoms with Crippen LogP contribution in [0.3, 0.4) is 0 Å². The Balaban J connectivity index is 2.44. The summed E-state index contributed by atoms with van der Waals surface area (Å²) in [7, 11) is 1.02. The molecular formula is C19H21NO6. The van der Waals surface area contributed by atoms with E-state index >= 15 is 0 Å². The number of ketones is 1. The Bertz CT molecular complexity index is 833. The van der Waals surface area contributed by atoms with Gasteiger partial charge in [0, 0.05) is 19.9 Å². The molecule has 2 rings (SSSR count). The predicted molar refractivity (Wildman–Crippen MR) is 92.7 cm³/mol. The standard InChI is InChI=1S/C19H21NO6/c1-12-4-3-5-13(8-12)10-19(25,11-17(23)18(24)20(2)26)14-6-7-15(21)16(22)9-14/h3-9,21-22,25-26H,10-11H2,1-2H3. The van der Waals surface area contributed by atoms with Gasteiger partial charge in [0.15, 0.2) is 11.5 Å². The van der Waals surface area contributed by atoms with Gasteiger partial charge < -0.3 is 15.3 Å². The fourth-order valence-corrected chi connectivity index (χ4v) is 2.76. The number of hydrogen-bond acceptors (Lipinski definition) is 6. The van der Waals surface area contributed by atoms with Gasteiger partial charge in [-0.15, -0.1) is 0 Å². The van der Waals surface area contributed by atoms with Crippen molar-refractivity contribution in [2.45, 2.75) is 25.4 Å². The zero-order valence-electron chi connectivity index (χ0n) is 14.5. The van der Waals surface area contributed by atoms with Gasteiger partial charge in [0.1, 0.15) is 5.60 Å². The molecule has 0 aliphatic carbocycles. The zero-order valence-corrected chi connectivity index (χ0v) is 14.5. The molecule has 0 aliphatic rings. The van der Waals surface area contributed by atoms with E-state index in [9.17, 15) is 30.1 Å². The normalized spacial score (nSPS) is 13.1. The summed E-state index contributed by atoms with van der Waals surface area (Å²) in [6.07, 6.45) is -0.609. The van der Waals surface area contributed by atoms with Crippen LogP contribution in [0.1, 0.15) is 23.1 Å². The van der Waals surface area contributed by atoms with E-state index in [1.54, 1.807) is 12.1 Å². The van der Waals surface area contributed by atoms with E-state index < -0.39 is 29.5 Å². The first kappa shape index (κ1) is 19.4. The van der Waals surface area contributed by atoms with Gasteiger partial charge in [-0.25, -0.2) is 5.06 Å². The molecule has 7 heteroatoms. The van der Waals surface area contributed by atoms with Crippen LogP contribution < -0.4 is 0 Å². The van der Waals surface area contributed by atoms with Crippen LogP contribution in [0.4, 0.5) is 0 Å². The Labute approximate surface area is 150 Å². The number of rotatable bonds is 6. The number of phenolic OH excluding ortho intramolecular Hbond substituents is 2. The molecule has 0 aromatic heterocycles. The number of aryl methyl sites for hydroxylation is 1. The Morgan fingerprint density at radius 2 is 1.77 bits per heavy atom. The molecular weight excluding hydrogens is 338 g/mol. The molecule has 0 bridgehead atoms. The maximum atomic E-state index is 12.2. The third-order valence-corrected chi connectivity index (χ3v) is 4.08. The predicted octanol–water partition coefficient (Wildman–Crippen LogP) is 1.64. The minimum absolute atomic E-state index is 0.00689. The summed E-state index contributed by atoms with van der Waals surface area (Å²) >= 11 is 0. The van der Waals surface area contributed by atoms with Crippen LogP contribution in [0, 0.1) is 6.92 Å². The average Bonchev–Trinajstić information content (AvgIpc) is 2.56. The number of carbonyl (C=O) groups is 2. The molecule has 0 aliphatic heterocycles. The van der Waals surface area contributed by atoms with Crippen LogP contribution in [0.15, 0.2) is 42.5 Å². The quantitative estimate of drug-likeness (QED) is 0.269. The molecule has 2 aromatic rings. The summed E-state index contributed by atoms with van der Waals surface area (Å²) in [5.74, 6) is -2.97. The first-order valence-electron chi connectivity index (χ1n) is 7.92. The maximum absolute atomic E-state index is 12.2. The number of aliphatic hydroxyl groups is 1. The highest BCUT2D eigenvalue weighted by atomic mass is 16.5. The number of phenols is 2. The lowest BCUT2D eigenvalue weighted by Crippen LogP contribution is -2.38. The summed E-state index contributed by atoms with van der Waals surface area (Å²) in [4.78, 5) is 23.9. The largest absolute Gasteiger partial charge is 0.504 e. The minimum Gasteiger partial charge on any atom is -0.504 e. The summed E-state index contributed by atoms with van der Waals surface area (Å²) in [5.41, 5.74) is 0.0199. The van der Waals surface area contributed by atoms with Crippen molar-refractivity contribution in [1.29, 1.82) is 0 Å². The highest BCUT2D eigenvalue weighted by molar-refractivity contribution is 6.35. The first-order chi connectivity index (χ1) is 12.1. The summed E-state index contributed by atoms with van der Waals surface area (Å²) in [6.45, 7) is 1.88. The van der Waals surface area contributed by atoms with E-state index in [0.717, 1.165) is 24.2 Å². The fourth-order valence-electron chi connectivity index (χ4n) is 2.76. The molecule has 0 saturated carbocycles. The molecule has 1 amide bonds. The number of aromatic hydroxyl groups is 2. The van der Waals surface area contributed by atoms with Crippen molar-refractivity contribution < 1.29 is 30.1 Å². The van der Waals surface area contributed by atoms with Gasteiger partial charge in [0.2, 0.25) is 5.78 Å². The lowest BCUT2D eigenvalue weighted by molar-refractivity contribution is -0.167. The second kappa shape index (κ2) is 7.55. The van der Waals surface area contributed by atoms with Crippen molar-refractivity contribution in [2.75, 3.05) is 7.05 Å². The van der Waals surface area contributed by atoms with E-state index in [1.165, 1.54) is 12.1 Å². The average molecular weight is 359 g/mol. The van der Waals surface area contributed by atoms with E-state index in [-0.39, 0.29) is 22.8 Å². The van der Waals surface area contributed by atoms with Crippen molar-refractivity contribution in [3.63, 3.8) is 0 Å². The van der Waals surface area contributed by atoms with Crippen LogP contribution in [-0.2, 0) is 21.6 Å². The first-order valence-corrected chi connectivity index (χ1v) is 7.92. The van der Waals surface area contributed by atoms with Gasteiger partial charge in [-0.1, -0.05) is 35.9 Å². The molecule has 1 atom stereocenters. The molecule has 0 radical (unpaired) electrons. The van der Waals surface area contributed by atoms with Gasteiger partial charge in [0.05, 0.1) is 0 Å². The van der Waals surface area contributed by atoms with Crippen LogP contribution in [0.5, 0.6) is 11.5 Å². The van der Waals surface area contributed by atoms with Crippen LogP contribution in [-0.4, -0.2) is 44.3 Å². The molecule has 0 saturated heterocycles. The second-order valence-electron chi connectivity index (χ2n) is 6.33. The molecule has 0 spiro atoms. The third-order valence-electron chi connectivity index (χ3n) is 4.08. The zero-order chi connectivity index (χ0) is 19.5. The third kappa shape index (κ3) is 4.38. The lowest BCUT2D eigenvalue weighted by atomic mass is 9.82. The molecule has 4 N–H and O–H groups in total. The topological polar surface area (TPSA) is 118 Å². The lowest BCUT2D eigenvalue weighted by Gasteiger charge is -2.29. The van der Waals surface area contributed by atoms with E-state index in [2.05, 4.69) is 0 Å². The fraction of sp³-hybridized carbons (Fsp3) is 0.263. The van der Waals surface area contributed by atoms with Gasteiger partial charge in [0.25, 0.3) is 0 Å². The number of nitrogens with zero attached hydrogens (tertiary/aromatic N) is 1. The molecule has 1 unspecified atom stereocenters. The highest BCUT2D eigenvalue weighted by Crippen LogP contribution is 2.35. The van der Waals surface area contributed by atoms with Crippen LogP contribution in [0.25, 0.3) is 0 Å². The smallest absolute Gasteiger partial charge is 0.313 e. The van der Waals surface area contributed by atoms with Crippen molar-refractivity contribution in [3.05, 3.63) is 59.2 Å². The van der Waals surface area contributed by atoms with Crippen LogP contribution >= 0.6 is 0 Å². The molecule has 138 valence electrons. The summed E-state index contributed by atoms with van der Waals surface area (Å²) in [6, 6.07) is 11.0. The number of hydrogen-bond donors (Lipinski definition) is 4. The van der Waals surface area contributed by atoms with Gasteiger partial charge in [-0.05, 0) is 30.2 Å². The monoisotopic (exact) mass is 359 g/mol. The Kier molecular flexibility index (Phi) is 5.64. The molecule has 7 nitrogen and oxygen atoms in total. The van der Waals surface area contributed by atoms with Gasteiger partial charge in [-0.2, -0.15) is 0 Å². The molecule has 2 aromatic carbocycles. The summed E-state index contributed by atoms with van der Waals surface area (Å²) < 4.78 is 0. The highest BCUT2D eigenvalue weighted by Gasteiger charge is 2.36. The minimum atomic E-state index is -1.82. The molecule has 0 heterocycles. The number of benzene rings is 2. The van der Waals surface area contributed by atoms with Crippen molar-refractivity contribution in [3.8, 4) is 11.5 Å². The van der Waals surface area contributed by atoms with E-state index in [1.807, 2.05) is 19.1 Å². The van der Waals surface area contributed by atoms with Crippen LogP contribution in [0.2, 0.25) is 0 Å². The Morgan fingerprint density at radius 1 is 1.08 bits per heavy atom. The number of Topliss-reactive ketones (excluding diaryl/α,β-unsaturated/α-hetero) is 1. The number of hydroxylamine groups is 2. The van der Waals surface area contributed by atoms with E-state index in [0.29, 0.717) is 0 Å². The maximum Gasteiger partial charge on any atom is 0.313 e.